The largest absolute Gasteiger partial charge is 0.389 e. The summed E-state index contributed by atoms with van der Waals surface area (Å²) in [6.45, 7) is 3.62. The lowest BCUT2D eigenvalue weighted by Crippen LogP contribution is -2.24. The van der Waals surface area contributed by atoms with Crippen LogP contribution in [-0.2, 0) is 11.3 Å². The van der Waals surface area contributed by atoms with Crippen molar-refractivity contribution in [3.63, 3.8) is 0 Å². The topological polar surface area (TPSA) is 47.3 Å². The molecule has 118 valence electrons. The normalized spacial score (nSPS) is 19.6. The summed E-state index contributed by atoms with van der Waals surface area (Å²) >= 11 is 0. The Morgan fingerprint density at radius 1 is 1.36 bits per heavy atom. The number of para-hydroxylation sites is 2. The molecule has 2 atom stereocenters. The van der Waals surface area contributed by atoms with Crippen LogP contribution in [0.2, 0.25) is 0 Å². The van der Waals surface area contributed by atoms with E-state index in [1.807, 2.05) is 31.2 Å². The molecule has 0 saturated heterocycles. The summed E-state index contributed by atoms with van der Waals surface area (Å²) in [6.07, 6.45) is 7.40. The number of aliphatic hydroxyl groups is 1. The monoisotopic (exact) mass is 300 g/mol. The zero-order valence-electron chi connectivity index (χ0n) is 13.1. The van der Waals surface area contributed by atoms with Gasteiger partial charge in [0.2, 0.25) is 0 Å². The van der Waals surface area contributed by atoms with Crippen LogP contribution >= 0.6 is 0 Å². The molecular formula is C18H24N2O2. The summed E-state index contributed by atoms with van der Waals surface area (Å²) in [4.78, 5) is 4.52. The molecule has 1 N–H and O–H groups in total. The summed E-state index contributed by atoms with van der Waals surface area (Å²) < 4.78 is 7.78. The van der Waals surface area contributed by atoms with Gasteiger partial charge in [0.05, 0.1) is 30.3 Å². The Bertz CT molecular complexity index is 648. The molecule has 22 heavy (non-hydrogen) atoms. The van der Waals surface area contributed by atoms with Gasteiger partial charge in [0.25, 0.3) is 0 Å². The van der Waals surface area contributed by atoms with Gasteiger partial charge in [-0.1, -0.05) is 24.3 Å². The summed E-state index contributed by atoms with van der Waals surface area (Å²) in [6, 6.07) is 8.02. The fourth-order valence-electron chi connectivity index (χ4n) is 3.07. The van der Waals surface area contributed by atoms with Crippen molar-refractivity contribution in [2.75, 3.05) is 13.2 Å². The highest BCUT2D eigenvalue weighted by atomic mass is 16.5. The lowest BCUT2D eigenvalue weighted by atomic mass is 9.95. The van der Waals surface area contributed by atoms with E-state index in [0.29, 0.717) is 19.1 Å². The number of imidazole rings is 1. The van der Waals surface area contributed by atoms with Gasteiger partial charge in [0.15, 0.2) is 0 Å². The second kappa shape index (κ2) is 7.07. The number of ether oxygens (including phenoxy) is 1. The number of benzene rings is 1. The molecule has 2 aromatic rings. The van der Waals surface area contributed by atoms with E-state index in [1.54, 1.807) is 0 Å². The van der Waals surface area contributed by atoms with Crippen LogP contribution in [0.3, 0.4) is 0 Å². The van der Waals surface area contributed by atoms with Crippen molar-refractivity contribution in [3.8, 4) is 0 Å². The van der Waals surface area contributed by atoms with Gasteiger partial charge in [-0.3, -0.25) is 0 Å². The first-order valence-corrected chi connectivity index (χ1v) is 8.06. The molecule has 0 bridgehead atoms. The number of aromatic nitrogens is 2. The van der Waals surface area contributed by atoms with E-state index in [0.717, 1.165) is 36.3 Å². The molecule has 3 rings (SSSR count). The molecule has 1 aliphatic rings. The summed E-state index contributed by atoms with van der Waals surface area (Å²) in [7, 11) is 0. The minimum absolute atomic E-state index is 0.381. The number of hydrogen-bond donors (Lipinski definition) is 1. The van der Waals surface area contributed by atoms with Crippen molar-refractivity contribution in [2.45, 2.75) is 38.8 Å². The van der Waals surface area contributed by atoms with Gasteiger partial charge in [0.1, 0.15) is 5.82 Å². The van der Waals surface area contributed by atoms with Crippen LogP contribution in [0, 0.1) is 12.8 Å². The standard InChI is InChI=1S/C18H24N2O2/c1-14-19-17-9-5-6-10-18(17)20(14)11-16(21)13-22-12-15-7-3-2-4-8-15/h2-3,5-6,9-10,15-16,21H,4,7-8,11-13H2,1H3/t15-,16+/m1/s1. The molecule has 0 aliphatic heterocycles. The molecule has 1 heterocycles. The van der Waals surface area contributed by atoms with Crippen LogP contribution in [0.15, 0.2) is 36.4 Å². The predicted octanol–water partition coefficient (Wildman–Crippen LogP) is 3.08. The average Bonchev–Trinajstić information content (AvgIpc) is 2.84. The maximum Gasteiger partial charge on any atom is 0.106 e. The molecule has 4 nitrogen and oxygen atoms in total. The van der Waals surface area contributed by atoms with E-state index < -0.39 is 6.10 Å². The molecule has 0 radical (unpaired) electrons. The number of hydrogen-bond acceptors (Lipinski definition) is 3. The first-order chi connectivity index (χ1) is 10.7. The lowest BCUT2D eigenvalue weighted by Gasteiger charge is -2.19. The molecule has 0 fully saturated rings. The van der Waals surface area contributed by atoms with Crippen LogP contribution in [0.4, 0.5) is 0 Å². The SMILES string of the molecule is Cc1nc2ccccc2n1C[C@H](O)COC[C@@H]1CC=CCC1. The van der Waals surface area contributed by atoms with Gasteiger partial charge in [-0.25, -0.2) is 4.98 Å². The highest BCUT2D eigenvalue weighted by Gasteiger charge is 2.14. The zero-order chi connectivity index (χ0) is 15.4. The number of nitrogens with zero attached hydrogens (tertiary/aromatic N) is 2. The minimum Gasteiger partial charge on any atom is -0.389 e. The van der Waals surface area contributed by atoms with Gasteiger partial charge in [0, 0.05) is 6.61 Å². The third-order valence-corrected chi connectivity index (χ3v) is 4.28. The Labute approximate surface area is 131 Å². The summed E-state index contributed by atoms with van der Waals surface area (Å²) in [5.41, 5.74) is 2.04. The van der Waals surface area contributed by atoms with Crippen LogP contribution in [0.5, 0.6) is 0 Å². The first-order valence-electron chi connectivity index (χ1n) is 8.06. The number of aliphatic hydroxyl groups excluding tert-OH is 1. The second-order valence-electron chi connectivity index (χ2n) is 6.10. The maximum absolute atomic E-state index is 10.2. The van der Waals surface area contributed by atoms with Crippen LogP contribution in [-0.4, -0.2) is 34.0 Å². The Balaban J connectivity index is 1.53. The van der Waals surface area contributed by atoms with Gasteiger partial charge < -0.3 is 14.4 Å². The van der Waals surface area contributed by atoms with Crippen molar-refractivity contribution in [3.05, 3.63) is 42.2 Å². The van der Waals surface area contributed by atoms with Crippen molar-refractivity contribution >= 4 is 11.0 Å². The third-order valence-electron chi connectivity index (χ3n) is 4.28. The molecule has 1 aromatic carbocycles. The zero-order valence-corrected chi connectivity index (χ0v) is 13.1. The Morgan fingerprint density at radius 2 is 2.23 bits per heavy atom. The number of allylic oxidation sites excluding steroid dienone is 2. The smallest absolute Gasteiger partial charge is 0.106 e. The van der Waals surface area contributed by atoms with E-state index in [-0.39, 0.29) is 0 Å². The highest BCUT2D eigenvalue weighted by Crippen LogP contribution is 2.19. The average molecular weight is 300 g/mol. The van der Waals surface area contributed by atoms with Crippen molar-refractivity contribution in [1.82, 2.24) is 9.55 Å². The summed E-state index contributed by atoms with van der Waals surface area (Å²) in [5.74, 6) is 1.53. The van der Waals surface area contributed by atoms with Crippen LogP contribution < -0.4 is 0 Å². The van der Waals surface area contributed by atoms with Gasteiger partial charge in [-0.15, -0.1) is 0 Å². The first kappa shape index (κ1) is 15.3. The van der Waals surface area contributed by atoms with Crippen molar-refractivity contribution in [2.24, 2.45) is 5.92 Å². The van der Waals surface area contributed by atoms with Crippen LogP contribution in [0.25, 0.3) is 11.0 Å². The van der Waals surface area contributed by atoms with E-state index in [1.165, 1.54) is 6.42 Å². The highest BCUT2D eigenvalue weighted by molar-refractivity contribution is 5.75. The number of fused-ring (bicyclic) bond motifs is 1. The molecule has 4 heteroatoms. The van der Waals surface area contributed by atoms with E-state index in [9.17, 15) is 5.11 Å². The Morgan fingerprint density at radius 3 is 3.05 bits per heavy atom. The van der Waals surface area contributed by atoms with E-state index >= 15 is 0 Å². The molecular weight excluding hydrogens is 276 g/mol. The molecule has 0 unspecified atom stereocenters. The lowest BCUT2D eigenvalue weighted by molar-refractivity contribution is 0.0129. The van der Waals surface area contributed by atoms with Gasteiger partial charge in [-0.2, -0.15) is 0 Å². The Hall–Kier alpha value is -1.65. The van der Waals surface area contributed by atoms with Crippen LogP contribution in [0.1, 0.15) is 25.1 Å². The van der Waals surface area contributed by atoms with E-state index in [2.05, 4.69) is 21.7 Å². The summed E-state index contributed by atoms with van der Waals surface area (Å²) in [5, 5.41) is 10.2. The molecule has 0 amide bonds. The molecule has 1 aliphatic carbocycles. The quantitative estimate of drug-likeness (QED) is 0.834. The van der Waals surface area contributed by atoms with Gasteiger partial charge in [-0.05, 0) is 44.2 Å². The third kappa shape index (κ3) is 3.57. The number of rotatable bonds is 6. The molecule has 1 aromatic heterocycles. The second-order valence-corrected chi connectivity index (χ2v) is 6.10. The molecule has 0 spiro atoms. The minimum atomic E-state index is -0.504. The number of aryl methyl sites for hydroxylation is 1. The van der Waals surface area contributed by atoms with E-state index in [4.69, 9.17) is 4.74 Å². The predicted molar refractivity (Wildman–Crippen MR) is 87.8 cm³/mol. The fraction of sp³-hybridized carbons (Fsp3) is 0.500. The molecule has 0 saturated carbocycles. The van der Waals surface area contributed by atoms with Gasteiger partial charge >= 0.3 is 0 Å². The Kier molecular flexibility index (Phi) is 4.90. The fourth-order valence-corrected chi connectivity index (χ4v) is 3.07. The van der Waals surface area contributed by atoms with Crippen molar-refractivity contribution < 1.29 is 9.84 Å². The maximum atomic E-state index is 10.2. The van der Waals surface area contributed by atoms with Crippen molar-refractivity contribution in [1.29, 1.82) is 0 Å².